The van der Waals surface area contributed by atoms with Gasteiger partial charge in [-0.05, 0) is 43.7 Å². The van der Waals surface area contributed by atoms with Crippen LogP contribution in [0.5, 0.6) is 5.75 Å². The summed E-state index contributed by atoms with van der Waals surface area (Å²) in [5.41, 5.74) is 4.30. The van der Waals surface area contributed by atoms with Gasteiger partial charge in [0.05, 0.1) is 18.3 Å². The van der Waals surface area contributed by atoms with Gasteiger partial charge >= 0.3 is 0 Å². The zero-order valence-corrected chi connectivity index (χ0v) is 14.3. The summed E-state index contributed by atoms with van der Waals surface area (Å²) in [6.45, 7) is 5.01. The Bertz CT molecular complexity index is 813. The minimum atomic E-state index is 0.434. The molecule has 124 valence electrons. The number of ether oxygens (including phenoxy) is 1. The third-order valence-electron chi connectivity index (χ3n) is 3.81. The standard InChI is InChI=1S/C20H23N3O/c1-14(2)23-17-8-6-15(7-9-17)13-22-19-12-18(24-3)11-16-5-4-10-21-20(16)19/h4-12,14,22-23H,13H2,1-3H3. The second-order valence-corrected chi connectivity index (χ2v) is 6.10. The van der Waals surface area contributed by atoms with Crippen LogP contribution in [0.25, 0.3) is 10.9 Å². The lowest BCUT2D eigenvalue weighted by molar-refractivity contribution is 0.415. The zero-order chi connectivity index (χ0) is 16.9. The molecule has 0 fully saturated rings. The van der Waals surface area contributed by atoms with E-state index in [0.717, 1.165) is 34.6 Å². The number of fused-ring (bicyclic) bond motifs is 1. The molecule has 2 N–H and O–H groups in total. The summed E-state index contributed by atoms with van der Waals surface area (Å²) in [5.74, 6) is 0.828. The van der Waals surface area contributed by atoms with Gasteiger partial charge in [-0.3, -0.25) is 4.98 Å². The Hall–Kier alpha value is -2.75. The molecule has 0 aliphatic carbocycles. The van der Waals surface area contributed by atoms with Crippen molar-refractivity contribution in [1.82, 2.24) is 4.98 Å². The molecule has 0 saturated carbocycles. The Morgan fingerprint density at radius 1 is 1.08 bits per heavy atom. The molecular weight excluding hydrogens is 298 g/mol. The van der Waals surface area contributed by atoms with Gasteiger partial charge in [-0.15, -0.1) is 0 Å². The monoisotopic (exact) mass is 321 g/mol. The Balaban J connectivity index is 1.78. The highest BCUT2D eigenvalue weighted by Crippen LogP contribution is 2.28. The number of nitrogens with one attached hydrogen (secondary N) is 2. The van der Waals surface area contributed by atoms with Crippen LogP contribution in [-0.4, -0.2) is 18.1 Å². The first-order chi connectivity index (χ1) is 11.7. The van der Waals surface area contributed by atoms with Crippen LogP contribution < -0.4 is 15.4 Å². The van der Waals surface area contributed by atoms with Crippen LogP contribution in [0.2, 0.25) is 0 Å². The Morgan fingerprint density at radius 2 is 1.88 bits per heavy atom. The number of hydrogen-bond donors (Lipinski definition) is 2. The molecule has 1 heterocycles. The van der Waals surface area contributed by atoms with Crippen molar-refractivity contribution in [2.75, 3.05) is 17.7 Å². The van der Waals surface area contributed by atoms with Crippen LogP contribution >= 0.6 is 0 Å². The quantitative estimate of drug-likeness (QED) is 0.692. The highest BCUT2D eigenvalue weighted by Gasteiger charge is 2.06. The van der Waals surface area contributed by atoms with E-state index in [1.165, 1.54) is 5.56 Å². The van der Waals surface area contributed by atoms with Crippen LogP contribution in [0, 0.1) is 0 Å². The number of aromatic nitrogens is 1. The number of pyridine rings is 1. The maximum atomic E-state index is 5.39. The highest BCUT2D eigenvalue weighted by molar-refractivity contribution is 5.91. The summed E-state index contributed by atoms with van der Waals surface area (Å²) in [4.78, 5) is 4.49. The largest absolute Gasteiger partial charge is 0.497 e. The molecule has 24 heavy (non-hydrogen) atoms. The van der Waals surface area contributed by atoms with Crippen molar-refractivity contribution >= 4 is 22.3 Å². The molecule has 0 spiro atoms. The molecule has 0 saturated heterocycles. The van der Waals surface area contributed by atoms with Crippen molar-refractivity contribution < 1.29 is 4.74 Å². The number of hydrogen-bond acceptors (Lipinski definition) is 4. The van der Waals surface area contributed by atoms with Crippen molar-refractivity contribution in [1.29, 1.82) is 0 Å². The number of rotatable bonds is 6. The molecule has 0 atom stereocenters. The molecule has 0 aliphatic heterocycles. The van der Waals surface area contributed by atoms with E-state index in [9.17, 15) is 0 Å². The van der Waals surface area contributed by atoms with Crippen LogP contribution in [0.15, 0.2) is 54.7 Å². The van der Waals surface area contributed by atoms with E-state index in [4.69, 9.17) is 4.74 Å². The van der Waals surface area contributed by atoms with E-state index in [1.54, 1.807) is 7.11 Å². The molecular formula is C20H23N3O. The van der Waals surface area contributed by atoms with E-state index in [0.29, 0.717) is 6.04 Å². The molecule has 1 aromatic heterocycles. The zero-order valence-electron chi connectivity index (χ0n) is 14.3. The Kier molecular flexibility index (Phi) is 4.85. The summed E-state index contributed by atoms with van der Waals surface area (Å²) >= 11 is 0. The smallest absolute Gasteiger partial charge is 0.121 e. The summed E-state index contributed by atoms with van der Waals surface area (Å²) in [7, 11) is 1.68. The molecule has 3 rings (SSSR count). The van der Waals surface area contributed by atoms with Crippen LogP contribution in [0.3, 0.4) is 0 Å². The van der Waals surface area contributed by atoms with Gasteiger partial charge in [-0.25, -0.2) is 0 Å². The third kappa shape index (κ3) is 3.77. The fraction of sp³-hybridized carbons (Fsp3) is 0.250. The lowest BCUT2D eigenvalue weighted by Gasteiger charge is -2.13. The number of nitrogens with zero attached hydrogens (tertiary/aromatic N) is 1. The fourth-order valence-electron chi connectivity index (χ4n) is 2.67. The second-order valence-electron chi connectivity index (χ2n) is 6.10. The first kappa shape index (κ1) is 16.1. The Morgan fingerprint density at radius 3 is 2.58 bits per heavy atom. The van der Waals surface area contributed by atoms with Crippen LogP contribution in [0.1, 0.15) is 19.4 Å². The van der Waals surface area contributed by atoms with E-state index < -0.39 is 0 Å². The van der Waals surface area contributed by atoms with Crippen molar-refractivity contribution in [3.05, 3.63) is 60.3 Å². The molecule has 0 unspecified atom stereocenters. The number of anilines is 2. The molecule has 4 heteroatoms. The van der Waals surface area contributed by atoms with Gasteiger partial charge < -0.3 is 15.4 Å². The minimum absolute atomic E-state index is 0.434. The van der Waals surface area contributed by atoms with Crippen molar-refractivity contribution in [3.8, 4) is 5.75 Å². The second kappa shape index (κ2) is 7.21. The molecule has 0 bridgehead atoms. The highest BCUT2D eigenvalue weighted by atomic mass is 16.5. The fourth-order valence-corrected chi connectivity index (χ4v) is 2.67. The summed E-state index contributed by atoms with van der Waals surface area (Å²) in [6.07, 6.45) is 1.81. The van der Waals surface area contributed by atoms with Crippen LogP contribution in [0.4, 0.5) is 11.4 Å². The van der Waals surface area contributed by atoms with Gasteiger partial charge in [0.25, 0.3) is 0 Å². The topological polar surface area (TPSA) is 46.2 Å². The van der Waals surface area contributed by atoms with E-state index in [-0.39, 0.29) is 0 Å². The van der Waals surface area contributed by atoms with E-state index >= 15 is 0 Å². The maximum absolute atomic E-state index is 5.39. The van der Waals surface area contributed by atoms with Gasteiger partial charge in [-0.1, -0.05) is 18.2 Å². The maximum Gasteiger partial charge on any atom is 0.121 e. The summed E-state index contributed by atoms with van der Waals surface area (Å²) < 4.78 is 5.39. The van der Waals surface area contributed by atoms with Crippen LogP contribution in [-0.2, 0) is 6.54 Å². The Labute approximate surface area is 142 Å². The molecule has 3 aromatic rings. The third-order valence-corrected chi connectivity index (χ3v) is 3.81. The van der Waals surface area contributed by atoms with Crippen molar-refractivity contribution in [2.24, 2.45) is 0 Å². The summed E-state index contributed by atoms with van der Waals surface area (Å²) in [6, 6.07) is 16.9. The number of benzene rings is 2. The molecule has 0 aliphatic rings. The molecule has 4 nitrogen and oxygen atoms in total. The van der Waals surface area contributed by atoms with Gasteiger partial charge in [0.2, 0.25) is 0 Å². The van der Waals surface area contributed by atoms with E-state index in [1.807, 2.05) is 30.5 Å². The van der Waals surface area contributed by atoms with Gasteiger partial charge in [0, 0.05) is 35.9 Å². The van der Waals surface area contributed by atoms with Crippen molar-refractivity contribution in [3.63, 3.8) is 0 Å². The molecule has 0 amide bonds. The molecule has 0 radical (unpaired) electrons. The molecule has 2 aromatic carbocycles. The summed E-state index contributed by atoms with van der Waals surface area (Å²) in [5, 5.41) is 7.94. The average Bonchev–Trinajstić information content (AvgIpc) is 2.60. The number of methoxy groups -OCH3 is 1. The predicted octanol–water partition coefficient (Wildman–Crippen LogP) is 4.68. The SMILES string of the molecule is COc1cc(NCc2ccc(NC(C)C)cc2)c2ncccc2c1. The van der Waals surface area contributed by atoms with E-state index in [2.05, 4.69) is 53.7 Å². The van der Waals surface area contributed by atoms with Gasteiger partial charge in [-0.2, -0.15) is 0 Å². The average molecular weight is 321 g/mol. The first-order valence-corrected chi connectivity index (χ1v) is 8.18. The normalized spacial score (nSPS) is 10.8. The van der Waals surface area contributed by atoms with Crippen molar-refractivity contribution in [2.45, 2.75) is 26.4 Å². The lowest BCUT2D eigenvalue weighted by Crippen LogP contribution is -2.09. The minimum Gasteiger partial charge on any atom is -0.497 e. The van der Waals surface area contributed by atoms with Gasteiger partial charge in [0.15, 0.2) is 0 Å². The predicted molar refractivity (Wildman–Crippen MR) is 101 cm³/mol. The first-order valence-electron chi connectivity index (χ1n) is 8.18. The van der Waals surface area contributed by atoms with Gasteiger partial charge in [0.1, 0.15) is 5.75 Å². The lowest BCUT2D eigenvalue weighted by atomic mass is 10.1.